The second-order valence-electron chi connectivity index (χ2n) is 3.08. The van der Waals surface area contributed by atoms with Crippen molar-refractivity contribution in [1.29, 1.82) is 0 Å². The molecule has 1 aromatic heterocycles. The van der Waals surface area contributed by atoms with Crippen molar-refractivity contribution in [2.24, 2.45) is 0 Å². The number of pyridine rings is 1. The lowest BCUT2D eigenvalue weighted by Gasteiger charge is -2.11. The molecule has 0 bridgehead atoms. The van der Waals surface area contributed by atoms with Crippen molar-refractivity contribution >= 4 is 29.1 Å². The predicted octanol–water partition coefficient (Wildman–Crippen LogP) is 1.74. The summed E-state index contributed by atoms with van der Waals surface area (Å²) in [6.07, 6.45) is -4.84. The molecule has 0 aliphatic rings. The first-order chi connectivity index (χ1) is 7.91. The summed E-state index contributed by atoms with van der Waals surface area (Å²) in [4.78, 5) is 15.1. The van der Waals surface area contributed by atoms with Gasteiger partial charge in [0.2, 0.25) is 0 Å². The summed E-state index contributed by atoms with van der Waals surface area (Å²) in [6, 6.07) is 2.65. The normalized spacial score (nSPS) is 12.6. The van der Waals surface area contributed by atoms with E-state index in [2.05, 4.69) is 10.3 Å². The van der Waals surface area contributed by atoms with E-state index in [9.17, 15) is 13.6 Å². The Balaban J connectivity index is 2.64. The van der Waals surface area contributed by atoms with Gasteiger partial charge in [0.15, 0.2) is 0 Å². The SMILES string of the molecule is O=C(NCC(O)C(F)F)c1ccc(Cl)nc1Cl. The average Bonchev–Trinajstić information content (AvgIpc) is 2.25. The Morgan fingerprint density at radius 1 is 1.47 bits per heavy atom. The fraction of sp³-hybridized carbons (Fsp3) is 0.333. The first-order valence-electron chi connectivity index (χ1n) is 4.48. The van der Waals surface area contributed by atoms with Gasteiger partial charge < -0.3 is 10.4 Å². The molecule has 1 aromatic rings. The monoisotopic (exact) mass is 284 g/mol. The molecule has 1 atom stereocenters. The first-order valence-corrected chi connectivity index (χ1v) is 5.24. The van der Waals surface area contributed by atoms with Gasteiger partial charge in [0.25, 0.3) is 12.3 Å². The van der Waals surface area contributed by atoms with Crippen molar-refractivity contribution in [1.82, 2.24) is 10.3 Å². The minimum Gasteiger partial charge on any atom is -0.385 e. The van der Waals surface area contributed by atoms with E-state index in [4.69, 9.17) is 28.3 Å². The molecule has 0 aromatic carbocycles. The van der Waals surface area contributed by atoms with Crippen LogP contribution in [-0.2, 0) is 0 Å². The van der Waals surface area contributed by atoms with E-state index in [1.54, 1.807) is 0 Å². The molecule has 0 spiro atoms. The number of aliphatic hydroxyl groups is 1. The number of aliphatic hydroxyl groups excluding tert-OH is 1. The quantitative estimate of drug-likeness (QED) is 0.828. The predicted molar refractivity (Wildman–Crippen MR) is 58.6 cm³/mol. The van der Waals surface area contributed by atoms with Crippen molar-refractivity contribution in [3.63, 3.8) is 0 Å². The number of rotatable bonds is 4. The second kappa shape index (κ2) is 6.09. The van der Waals surface area contributed by atoms with Gasteiger partial charge in [0, 0.05) is 6.54 Å². The van der Waals surface area contributed by atoms with Crippen LogP contribution in [-0.4, -0.2) is 35.1 Å². The molecule has 0 saturated heterocycles. The molecule has 17 heavy (non-hydrogen) atoms. The lowest BCUT2D eigenvalue weighted by Crippen LogP contribution is -2.36. The third-order valence-electron chi connectivity index (χ3n) is 1.82. The van der Waals surface area contributed by atoms with Gasteiger partial charge in [-0.25, -0.2) is 13.8 Å². The number of hydrogen-bond donors (Lipinski definition) is 2. The Morgan fingerprint density at radius 3 is 2.65 bits per heavy atom. The lowest BCUT2D eigenvalue weighted by atomic mass is 10.2. The molecule has 1 amide bonds. The van der Waals surface area contributed by atoms with E-state index >= 15 is 0 Å². The molecule has 8 heteroatoms. The molecule has 1 rings (SSSR count). The van der Waals surface area contributed by atoms with E-state index in [-0.39, 0.29) is 15.9 Å². The van der Waals surface area contributed by atoms with Crippen LogP contribution in [0, 0.1) is 0 Å². The molecule has 1 unspecified atom stereocenters. The Labute approximate surface area is 106 Å². The van der Waals surface area contributed by atoms with Gasteiger partial charge in [-0.15, -0.1) is 0 Å². The fourth-order valence-electron chi connectivity index (χ4n) is 0.963. The van der Waals surface area contributed by atoms with E-state index in [0.29, 0.717) is 0 Å². The maximum absolute atomic E-state index is 12.0. The Morgan fingerprint density at radius 2 is 2.12 bits per heavy atom. The molecule has 0 fully saturated rings. The average molecular weight is 285 g/mol. The minimum absolute atomic E-state index is 0.00228. The van der Waals surface area contributed by atoms with E-state index in [1.807, 2.05) is 0 Å². The Bertz CT molecular complexity index is 418. The van der Waals surface area contributed by atoms with Crippen LogP contribution in [0.5, 0.6) is 0 Å². The smallest absolute Gasteiger partial charge is 0.265 e. The van der Waals surface area contributed by atoms with Crippen LogP contribution < -0.4 is 5.32 Å². The van der Waals surface area contributed by atoms with Crippen molar-refractivity contribution in [2.45, 2.75) is 12.5 Å². The van der Waals surface area contributed by atoms with Crippen molar-refractivity contribution in [2.75, 3.05) is 6.54 Å². The summed E-state index contributed by atoms with van der Waals surface area (Å²) in [5.41, 5.74) is -0.00228. The van der Waals surface area contributed by atoms with Crippen LogP contribution in [0.2, 0.25) is 10.3 Å². The minimum atomic E-state index is -2.92. The van der Waals surface area contributed by atoms with Gasteiger partial charge in [-0.1, -0.05) is 23.2 Å². The Kier molecular flexibility index (Phi) is 5.04. The molecule has 2 N–H and O–H groups in total. The number of nitrogens with zero attached hydrogens (tertiary/aromatic N) is 1. The standard InChI is InChI=1S/C9H8Cl2F2N2O2/c10-6-2-1-4(7(11)15-6)9(17)14-3-5(16)8(12)13/h1-2,5,8,16H,3H2,(H,14,17). The van der Waals surface area contributed by atoms with Gasteiger partial charge in [-0.3, -0.25) is 4.79 Å². The molecular formula is C9H8Cl2F2N2O2. The maximum Gasteiger partial charge on any atom is 0.265 e. The van der Waals surface area contributed by atoms with Gasteiger partial charge >= 0.3 is 0 Å². The number of carbonyl (C=O) groups excluding carboxylic acids is 1. The molecule has 94 valence electrons. The van der Waals surface area contributed by atoms with E-state index in [0.717, 1.165) is 0 Å². The molecule has 4 nitrogen and oxygen atoms in total. The number of aromatic nitrogens is 1. The highest BCUT2D eigenvalue weighted by atomic mass is 35.5. The Hall–Kier alpha value is -0.980. The van der Waals surface area contributed by atoms with Crippen molar-refractivity contribution in [3.05, 3.63) is 28.0 Å². The summed E-state index contributed by atoms with van der Waals surface area (Å²) >= 11 is 11.2. The number of alkyl halides is 2. The molecule has 1 heterocycles. The zero-order chi connectivity index (χ0) is 13.0. The van der Waals surface area contributed by atoms with Crippen LogP contribution >= 0.6 is 23.2 Å². The van der Waals surface area contributed by atoms with Gasteiger partial charge in [0.1, 0.15) is 16.4 Å². The zero-order valence-corrected chi connectivity index (χ0v) is 9.84. The summed E-state index contributed by atoms with van der Waals surface area (Å²) in [5, 5.41) is 10.9. The number of halogens is 4. The highest BCUT2D eigenvalue weighted by Crippen LogP contribution is 2.16. The summed E-state index contributed by atoms with van der Waals surface area (Å²) < 4.78 is 23.9. The zero-order valence-electron chi connectivity index (χ0n) is 8.33. The fourth-order valence-corrected chi connectivity index (χ4v) is 1.39. The van der Waals surface area contributed by atoms with Crippen LogP contribution in [0.25, 0.3) is 0 Å². The summed E-state index contributed by atoms with van der Waals surface area (Å²) in [7, 11) is 0. The van der Waals surface area contributed by atoms with Crippen LogP contribution in [0.15, 0.2) is 12.1 Å². The van der Waals surface area contributed by atoms with Gasteiger partial charge in [-0.05, 0) is 12.1 Å². The third-order valence-corrected chi connectivity index (χ3v) is 2.32. The van der Waals surface area contributed by atoms with E-state index < -0.39 is 25.0 Å². The number of hydrogen-bond acceptors (Lipinski definition) is 3. The number of amides is 1. The topological polar surface area (TPSA) is 62.2 Å². The highest BCUT2D eigenvalue weighted by Gasteiger charge is 2.19. The molecule has 0 aliphatic carbocycles. The van der Waals surface area contributed by atoms with Crippen LogP contribution in [0.3, 0.4) is 0 Å². The van der Waals surface area contributed by atoms with Gasteiger partial charge in [0.05, 0.1) is 5.56 Å². The lowest BCUT2D eigenvalue weighted by molar-refractivity contribution is -0.00270. The molecule has 0 aliphatic heterocycles. The van der Waals surface area contributed by atoms with Gasteiger partial charge in [-0.2, -0.15) is 0 Å². The van der Waals surface area contributed by atoms with E-state index in [1.165, 1.54) is 12.1 Å². The summed E-state index contributed by atoms with van der Waals surface area (Å²) in [5.74, 6) is -0.709. The number of nitrogens with one attached hydrogen (secondary N) is 1. The maximum atomic E-state index is 12.0. The third kappa shape index (κ3) is 4.07. The molecule has 0 radical (unpaired) electrons. The second-order valence-corrected chi connectivity index (χ2v) is 3.83. The summed E-state index contributed by atoms with van der Waals surface area (Å²) in [6.45, 7) is -0.574. The molecule has 0 saturated carbocycles. The van der Waals surface area contributed by atoms with Crippen LogP contribution in [0.1, 0.15) is 10.4 Å². The van der Waals surface area contributed by atoms with Crippen molar-refractivity contribution < 1.29 is 18.7 Å². The largest absolute Gasteiger partial charge is 0.385 e. The number of carbonyl (C=O) groups is 1. The van der Waals surface area contributed by atoms with Crippen molar-refractivity contribution in [3.8, 4) is 0 Å². The first kappa shape index (κ1) is 14.1. The van der Waals surface area contributed by atoms with Crippen LogP contribution in [0.4, 0.5) is 8.78 Å². The highest BCUT2D eigenvalue weighted by molar-refractivity contribution is 6.34. The molecular weight excluding hydrogens is 277 g/mol.